The van der Waals surface area contributed by atoms with Crippen molar-refractivity contribution in [1.82, 2.24) is 10.3 Å². The summed E-state index contributed by atoms with van der Waals surface area (Å²) in [5.41, 5.74) is 1.85. The molecule has 1 N–H and O–H groups in total. The smallest absolute Gasteiger partial charge is 0.127 e. The number of hydrogen-bond acceptors (Lipinski definition) is 3. The van der Waals surface area contributed by atoms with E-state index in [0.717, 1.165) is 5.69 Å². The average molecular weight is 241 g/mol. The van der Waals surface area contributed by atoms with Gasteiger partial charge in [0.05, 0.1) is 17.3 Å². The summed E-state index contributed by atoms with van der Waals surface area (Å²) in [6.45, 7) is 0.939. The molecule has 0 spiro atoms. The molecular formula is C14H12FN3. The van der Waals surface area contributed by atoms with Gasteiger partial charge in [0.15, 0.2) is 0 Å². The molecule has 1 heterocycles. The van der Waals surface area contributed by atoms with E-state index in [9.17, 15) is 4.39 Å². The highest BCUT2D eigenvalue weighted by atomic mass is 19.1. The average Bonchev–Trinajstić information content (AvgIpc) is 2.42. The molecular weight excluding hydrogens is 229 g/mol. The molecule has 4 heteroatoms. The number of nitrogens with zero attached hydrogens (tertiary/aromatic N) is 2. The first kappa shape index (κ1) is 12.2. The third-order valence-corrected chi connectivity index (χ3v) is 2.52. The minimum absolute atomic E-state index is 0.303. The van der Waals surface area contributed by atoms with Crippen LogP contribution in [-0.4, -0.2) is 4.98 Å². The van der Waals surface area contributed by atoms with Crippen molar-refractivity contribution in [2.24, 2.45) is 0 Å². The van der Waals surface area contributed by atoms with Crippen LogP contribution in [0, 0.1) is 17.1 Å². The van der Waals surface area contributed by atoms with Gasteiger partial charge in [-0.1, -0.05) is 6.07 Å². The topological polar surface area (TPSA) is 48.7 Å². The van der Waals surface area contributed by atoms with E-state index in [1.807, 2.05) is 24.3 Å². The van der Waals surface area contributed by atoms with E-state index in [-0.39, 0.29) is 5.82 Å². The van der Waals surface area contributed by atoms with Crippen molar-refractivity contribution < 1.29 is 4.39 Å². The maximum atomic E-state index is 13.5. The number of hydrogen-bond donors (Lipinski definition) is 1. The molecule has 1 aromatic heterocycles. The minimum Gasteiger partial charge on any atom is -0.307 e. The lowest BCUT2D eigenvalue weighted by molar-refractivity contribution is 0.585. The van der Waals surface area contributed by atoms with Gasteiger partial charge in [0.1, 0.15) is 5.82 Å². The second-order valence-corrected chi connectivity index (χ2v) is 3.84. The first-order valence-corrected chi connectivity index (χ1v) is 5.59. The van der Waals surface area contributed by atoms with Crippen LogP contribution < -0.4 is 5.32 Å². The fraction of sp³-hybridized carbons (Fsp3) is 0.143. The highest BCUT2D eigenvalue weighted by molar-refractivity contribution is 5.33. The third kappa shape index (κ3) is 3.12. The third-order valence-electron chi connectivity index (χ3n) is 2.52. The van der Waals surface area contributed by atoms with Crippen molar-refractivity contribution >= 4 is 0 Å². The Morgan fingerprint density at radius 3 is 2.83 bits per heavy atom. The van der Waals surface area contributed by atoms with Crippen LogP contribution in [0.4, 0.5) is 4.39 Å². The molecule has 0 saturated carbocycles. The Bertz CT molecular complexity index is 561. The molecule has 3 nitrogen and oxygen atoms in total. The van der Waals surface area contributed by atoms with E-state index in [1.165, 1.54) is 12.1 Å². The molecule has 0 unspecified atom stereocenters. The van der Waals surface area contributed by atoms with Crippen LogP contribution in [-0.2, 0) is 13.1 Å². The Kier molecular flexibility index (Phi) is 4.00. The summed E-state index contributed by atoms with van der Waals surface area (Å²) in [7, 11) is 0. The first-order valence-electron chi connectivity index (χ1n) is 5.59. The highest BCUT2D eigenvalue weighted by Gasteiger charge is 2.03. The second kappa shape index (κ2) is 5.89. The van der Waals surface area contributed by atoms with Crippen LogP contribution in [0.1, 0.15) is 16.8 Å². The van der Waals surface area contributed by atoms with Crippen molar-refractivity contribution in [3.63, 3.8) is 0 Å². The molecule has 90 valence electrons. The summed E-state index contributed by atoms with van der Waals surface area (Å²) in [4.78, 5) is 4.16. The number of pyridine rings is 1. The fourth-order valence-electron chi connectivity index (χ4n) is 1.61. The molecule has 0 aliphatic heterocycles. The lowest BCUT2D eigenvalue weighted by Crippen LogP contribution is -2.14. The Hall–Kier alpha value is -2.25. The fourth-order valence-corrected chi connectivity index (χ4v) is 1.61. The molecule has 0 aliphatic carbocycles. The van der Waals surface area contributed by atoms with E-state index < -0.39 is 0 Å². The van der Waals surface area contributed by atoms with E-state index in [0.29, 0.717) is 24.2 Å². The predicted molar refractivity (Wildman–Crippen MR) is 65.9 cm³/mol. The van der Waals surface area contributed by atoms with Gasteiger partial charge in [0, 0.05) is 24.8 Å². The summed E-state index contributed by atoms with van der Waals surface area (Å²) in [5, 5.41) is 11.9. The molecule has 0 radical (unpaired) electrons. The van der Waals surface area contributed by atoms with Gasteiger partial charge in [-0.2, -0.15) is 5.26 Å². The summed E-state index contributed by atoms with van der Waals surface area (Å²) >= 11 is 0. The number of rotatable bonds is 4. The van der Waals surface area contributed by atoms with Gasteiger partial charge in [0.25, 0.3) is 0 Å². The SMILES string of the molecule is N#Cc1ccc(F)c(CNCc2ccccn2)c1. The normalized spacial score (nSPS) is 10.0. The van der Waals surface area contributed by atoms with Gasteiger partial charge in [-0.25, -0.2) is 4.39 Å². The highest BCUT2D eigenvalue weighted by Crippen LogP contribution is 2.10. The predicted octanol–water partition coefficient (Wildman–Crippen LogP) is 2.38. The number of nitriles is 1. The van der Waals surface area contributed by atoms with Crippen LogP contribution in [0.3, 0.4) is 0 Å². The molecule has 2 rings (SSSR count). The molecule has 0 saturated heterocycles. The largest absolute Gasteiger partial charge is 0.307 e. The van der Waals surface area contributed by atoms with E-state index >= 15 is 0 Å². The van der Waals surface area contributed by atoms with Gasteiger partial charge in [0.2, 0.25) is 0 Å². The zero-order valence-electron chi connectivity index (χ0n) is 9.73. The molecule has 2 aromatic rings. The monoisotopic (exact) mass is 241 g/mol. The van der Waals surface area contributed by atoms with Crippen molar-refractivity contribution in [2.45, 2.75) is 13.1 Å². The maximum absolute atomic E-state index is 13.5. The number of benzene rings is 1. The number of aromatic nitrogens is 1. The molecule has 0 amide bonds. The molecule has 0 bridgehead atoms. The van der Waals surface area contributed by atoms with Crippen LogP contribution >= 0.6 is 0 Å². The number of nitrogens with one attached hydrogen (secondary N) is 1. The zero-order chi connectivity index (χ0) is 12.8. The molecule has 0 fully saturated rings. The van der Waals surface area contributed by atoms with Crippen LogP contribution in [0.15, 0.2) is 42.6 Å². The summed E-state index contributed by atoms with van der Waals surface area (Å²) in [5.74, 6) is -0.303. The molecule has 18 heavy (non-hydrogen) atoms. The summed E-state index contributed by atoms with van der Waals surface area (Å²) in [6, 6.07) is 12.0. The van der Waals surface area contributed by atoms with Crippen LogP contribution in [0.5, 0.6) is 0 Å². The molecule has 0 aliphatic rings. The lowest BCUT2D eigenvalue weighted by atomic mass is 10.1. The Labute approximate surface area is 105 Å². The van der Waals surface area contributed by atoms with E-state index in [1.54, 1.807) is 12.3 Å². The van der Waals surface area contributed by atoms with Crippen LogP contribution in [0.2, 0.25) is 0 Å². The Balaban J connectivity index is 1.96. The maximum Gasteiger partial charge on any atom is 0.127 e. The standard InChI is InChI=1S/C14H12FN3/c15-14-5-4-11(8-16)7-12(14)9-17-10-13-3-1-2-6-18-13/h1-7,17H,9-10H2. The van der Waals surface area contributed by atoms with Gasteiger partial charge in [-0.05, 0) is 30.3 Å². The minimum atomic E-state index is -0.303. The van der Waals surface area contributed by atoms with Gasteiger partial charge < -0.3 is 5.32 Å². The van der Waals surface area contributed by atoms with E-state index in [2.05, 4.69) is 10.3 Å². The van der Waals surface area contributed by atoms with Crippen molar-refractivity contribution in [3.05, 3.63) is 65.2 Å². The van der Waals surface area contributed by atoms with Crippen LogP contribution in [0.25, 0.3) is 0 Å². The quantitative estimate of drug-likeness (QED) is 0.894. The summed E-state index contributed by atoms with van der Waals surface area (Å²) < 4.78 is 13.5. The zero-order valence-corrected chi connectivity index (χ0v) is 9.73. The molecule has 1 aromatic carbocycles. The number of halogens is 1. The molecule has 0 atom stereocenters. The van der Waals surface area contributed by atoms with Crippen molar-refractivity contribution in [2.75, 3.05) is 0 Å². The van der Waals surface area contributed by atoms with E-state index in [4.69, 9.17) is 5.26 Å². The lowest BCUT2D eigenvalue weighted by Gasteiger charge is -2.06. The summed E-state index contributed by atoms with van der Waals surface area (Å²) in [6.07, 6.45) is 1.72. The van der Waals surface area contributed by atoms with Gasteiger partial charge in [-0.15, -0.1) is 0 Å². The Morgan fingerprint density at radius 1 is 1.22 bits per heavy atom. The first-order chi connectivity index (χ1) is 8.79. The van der Waals surface area contributed by atoms with Gasteiger partial charge in [-0.3, -0.25) is 4.98 Å². The second-order valence-electron chi connectivity index (χ2n) is 3.84. The van der Waals surface area contributed by atoms with Crippen molar-refractivity contribution in [3.8, 4) is 6.07 Å². The van der Waals surface area contributed by atoms with Crippen molar-refractivity contribution in [1.29, 1.82) is 5.26 Å². The Morgan fingerprint density at radius 2 is 2.11 bits per heavy atom. The van der Waals surface area contributed by atoms with Gasteiger partial charge >= 0.3 is 0 Å².